The number of hydrogen-bond donors (Lipinski definition) is 3. The summed E-state index contributed by atoms with van der Waals surface area (Å²) in [6.45, 7) is 0.564. The first kappa shape index (κ1) is 20.8. The van der Waals surface area contributed by atoms with Crippen molar-refractivity contribution in [2.75, 3.05) is 5.32 Å². The van der Waals surface area contributed by atoms with Crippen molar-refractivity contribution in [1.82, 2.24) is 15.0 Å². The van der Waals surface area contributed by atoms with Crippen molar-refractivity contribution in [3.8, 4) is 5.88 Å². The molecule has 3 aromatic rings. The van der Waals surface area contributed by atoms with Gasteiger partial charge in [-0.05, 0) is 35.9 Å². The standard InChI is InChI=1S/C18H14ClN5O.2ClH/c19-13-5-3-11(4-6-13)9-22-18-23-15(17(25)24-18)8-12-10-21-16-14(12)2-1-7-20-16;;/h1-8,10,25H,9H2,(H2,22,23,24);2*1H. The molecule has 140 valence electrons. The van der Waals surface area contributed by atoms with Crippen LogP contribution in [0.2, 0.25) is 5.02 Å². The summed E-state index contributed by atoms with van der Waals surface area (Å²) in [5, 5.41) is 13.9. The number of halogens is 3. The van der Waals surface area contributed by atoms with Gasteiger partial charge in [-0.2, -0.15) is 4.98 Å². The zero-order valence-electron chi connectivity index (χ0n) is 13.9. The fourth-order valence-electron chi connectivity index (χ4n) is 2.55. The summed E-state index contributed by atoms with van der Waals surface area (Å²) in [5.41, 5.74) is 3.36. The van der Waals surface area contributed by atoms with Crippen LogP contribution in [0.25, 0.3) is 11.6 Å². The lowest BCUT2D eigenvalue weighted by Gasteiger charge is -2.02. The SMILES string of the molecule is Cl.Cl.Oc1nc(NCc2ccc(Cl)cc2)[nH]c1C=C1C=Nc2ncccc21. The summed E-state index contributed by atoms with van der Waals surface area (Å²) in [5.74, 6) is 1.09. The molecule has 3 heterocycles. The van der Waals surface area contributed by atoms with E-state index in [-0.39, 0.29) is 30.7 Å². The van der Waals surface area contributed by atoms with Crippen LogP contribution in [0.5, 0.6) is 5.88 Å². The van der Waals surface area contributed by atoms with Gasteiger partial charge >= 0.3 is 0 Å². The highest BCUT2D eigenvalue weighted by Gasteiger charge is 2.14. The number of rotatable bonds is 4. The number of H-pyrrole nitrogens is 1. The van der Waals surface area contributed by atoms with Crippen LogP contribution in [0.15, 0.2) is 47.6 Å². The summed E-state index contributed by atoms with van der Waals surface area (Å²) in [6.07, 6.45) is 5.22. The third-order valence-electron chi connectivity index (χ3n) is 3.81. The number of benzene rings is 1. The molecule has 0 amide bonds. The smallest absolute Gasteiger partial charge is 0.238 e. The van der Waals surface area contributed by atoms with Crippen molar-refractivity contribution >= 4 is 66.0 Å². The second-order valence-corrected chi connectivity index (χ2v) is 5.97. The van der Waals surface area contributed by atoms with E-state index in [4.69, 9.17) is 11.6 Å². The van der Waals surface area contributed by atoms with Crippen molar-refractivity contribution in [3.05, 3.63) is 64.4 Å². The molecular formula is C18H16Cl3N5O. The first-order valence-corrected chi connectivity index (χ1v) is 8.05. The van der Waals surface area contributed by atoms with Crippen LogP contribution in [0.4, 0.5) is 11.8 Å². The maximum atomic E-state index is 10.1. The van der Waals surface area contributed by atoms with Crippen LogP contribution in [-0.4, -0.2) is 26.3 Å². The van der Waals surface area contributed by atoms with Crippen LogP contribution in [0, 0.1) is 0 Å². The summed E-state index contributed by atoms with van der Waals surface area (Å²) in [7, 11) is 0. The number of aromatic nitrogens is 3. The lowest BCUT2D eigenvalue weighted by atomic mass is 10.1. The second kappa shape index (κ2) is 8.90. The maximum Gasteiger partial charge on any atom is 0.238 e. The molecule has 4 rings (SSSR count). The van der Waals surface area contributed by atoms with Gasteiger partial charge in [-0.3, -0.25) is 0 Å². The predicted molar refractivity (Wildman–Crippen MR) is 114 cm³/mol. The molecule has 0 saturated heterocycles. The van der Waals surface area contributed by atoms with Gasteiger partial charge in [0, 0.05) is 35.1 Å². The highest BCUT2D eigenvalue weighted by atomic mass is 35.5. The van der Waals surface area contributed by atoms with Crippen LogP contribution in [0.3, 0.4) is 0 Å². The summed E-state index contributed by atoms with van der Waals surface area (Å²) < 4.78 is 0. The Morgan fingerprint density at radius 2 is 1.93 bits per heavy atom. The molecule has 2 aromatic heterocycles. The zero-order chi connectivity index (χ0) is 17.2. The molecule has 0 atom stereocenters. The molecule has 0 radical (unpaired) electrons. The van der Waals surface area contributed by atoms with Crippen LogP contribution in [0.1, 0.15) is 16.8 Å². The van der Waals surface area contributed by atoms with E-state index in [0.29, 0.717) is 29.0 Å². The molecule has 0 spiro atoms. The molecule has 1 aliphatic rings. The number of aromatic hydroxyl groups is 1. The fraction of sp³-hybridized carbons (Fsp3) is 0.0556. The normalized spacial score (nSPS) is 13.0. The van der Waals surface area contributed by atoms with Crippen molar-refractivity contribution in [1.29, 1.82) is 0 Å². The lowest BCUT2D eigenvalue weighted by molar-refractivity contribution is 0.455. The molecular weight excluding hydrogens is 409 g/mol. The Balaban J connectivity index is 0.00000131. The third-order valence-corrected chi connectivity index (χ3v) is 4.06. The van der Waals surface area contributed by atoms with Gasteiger partial charge in [0.15, 0.2) is 5.82 Å². The van der Waals surface area contributed by atoms with Gasteiger partial charge in [-0.25, -0.2) is 9.98 Å². The first-order chi connectivity index (χ1) is 12.2. The maximum absolute atomic E-state index is 10.1. The number of aromatic amines is 1. The summed E-state index contributed by atoms with van der Waals surface area (Å²) in [6, 6.07) is 11.3. The largest absolute Gasteiger partial charge is 0.492 e. The van der Waals surface area contributed by atoms with Gasteiger partial charge in [0.2, 0.25) is 11.8 Å². The number of imidazole rings is 1. The fourth-order valence-corrected chi connectivity index (χ4v) is 2.67. The van der Waals surface area contributed by atoms with E-state index in [1.165, 1.54) is 0 Å². The van der Waals surface area contributed by atoms with Gasteiger partial charge in [0.1, 0.15) is 5.69 Å². The zero-order valence-corrected chi connectivity index (χ0v) is 16.3. The number of nitrogens with one attached hydrogen (secondary N) is 2. The van der Waals surface area contributed by atoms with E-state index in [9.17, 15) is 5.11 Å². The molecule has 9 heteroatoms. The van der Waals surface area contributed by atoms with E-state index in [1.54, 1.807) is 18.5 Å². The molecule has 1 aromatic carbocycles. The number of pyridine rings is 1. The molecule has 0 aliphatic carbocycles. The minimum absolute atomic E-state index is 0. The molecule has 0 fully saturated rings. The van der Waals surface area contributed by atoms with Gasteiger partial charge in [-0.15, -0.1) is 24.8 Å². The van der Waals surface area contributed by atoms with E-state index < -0.39 is 0 Å². The highest BCUT2D eigenvalue weighted by molar-refractivity contribution is 6.30. The molecule has 6 nitrogen and oxygen atoms in total. The summed E-state index contributed by atoms with van der Waals surface area (Å²) in [4.78, 5) is 15.6. The quantitative estimate of drug-likeness (QED) is 0.557. The molecule has 0 saturated carbocycles. The van der Waals surface area contributed by atoms with Crippen molar-refractivity contribution in [3.63, 3.8) is 0 Å². The van der Waals surface area contributed by atoms with Crippen molar-refractivity contribution < 1.29 is 5.11 Å². The Labute approximate surface area is 173 Å². The average molecular weight is 425 g/mol. The van der Waals surface area contributed by atoms with E-state index in [1.807, 2.05) is 36.4 Å². The lowest BCUT2D eigenvalue weighted by Crippen LogP contribution is -2.00. The third kappa shape index (κ3) is 4.60. The van der Waals surface area contributed by atoms with Gasteiger partial charge < -0.3 is 15.4 Å². The van der Waals surface area contributed by atoms with E-state index in [0.717, 1.165) is 16.7 Å². The van der Waals surface area contributed by atoms with Crippen molar-refractivity contribution in [2.24, 2.45) is 4.99 Å². The number of hydrogen-bond acceptors (Lipinski definition) is 5. The molecule has 0 bridgehead atoms. The topological polar surface area (TPSA) is 86.2 Å². The van der Waals surface area contributed by atoms with Crippen LogP contribution < -0.4 is 5.32 Å². The Hall–Kier alpha value is -2.54. The second-order valence-electron chi connectivity index (χ2n) is 5.54. The van der Waals surface area contributed by atoms with Crippen LogP contribution >= 0.6 is 36.4 Å². The first-order valence-electron chi connectivity index (χ1n) is 7.67. The molecule has 27 heavy (non-hydrogen) atoms. The summed E-state index contributed by atoms with van der Waals surface area (Å²) >= 11 is 5.88. The Bertz CT molecular complexity index is 983. The van der Waals surface area contributed by atoms with Gasteiger partial charge in [-0.1, -0.05) is 23.7 Å². The van der Waals surface area contributed by atoms with E-state index in [2.05, 4.69) is 25.3 Å². The highest BCUT2D eigenvalue weighted by Crippen LogP contribution is 2.31. The Kier molecular flexibility index (Phi) is 6.85. The molecule has 1 aliphatic heterocycles. The number of aliphatic imine (C=N–C) groups is 1. The molecule has 0 unspecified atom stereocenters. The Morgan fingerprint density at radius 3 is 2.70 bits per heavy atom. The predicted octanol–water partition coefficient (Wildman–Crippen LogP) is 4.88. The van der Waals surface area contributed by atoms with Gasteiger partial charge in [0.25, 0.3) is 0 Å². The van der Waals surface area contributed by atoms with Crippen LogP contribution in [-0.2, 0) is 6.54 Å². The van der Waals surface area contributed by atoms with Gasteiger partial charge in [0.05, 0.1) is 0 Å². The monoisotopic (exact) mass is 423 g/mol. The minimum Gasteiger partial charge on any atom is -0.492 e. The number of fused-ring (bicyclic) bond motifs is 1. The molecule has 3 N–H and O–H groups in total. The van der Waals surface area contributed by atoms with Crippen molar-refractivity contribution in [2.45, 2.75) is 6.54 Å². The minimum atomic E-state index is -0.0724. The Morgan fingerprint density at radius 1 is 1.15 bits per heavy atom. The number of allylic oxidation sites excluding steroid dienone is 1. The number of anilines is 1. The number of nitrogens with zero attached hydrogens (tertiary/aromatic N) is 3. The van der Waals surface area contributed by atoms with E-state index >= 15 is 0 Å². The average Bonchev–Trinajstić information content (AvgIpc) is 3.19.